The zero-order valence-electron chi connectivity index (χ0n) is 13.6. The topological polar surface area (TPSA) is 102 Å². The van der Waals surface area contributed by atoms with E-state index in [1.165, 1.54) is 0 Å². The van der Waals surface area contributed by atoms with E-state index in [9.17, 15) is 14.7 Å². The molecule has 0 spiro atoms. The molecule has 6 heteroatoms. The number of ether oxygens (including phenoxy) is 1. The Labute approximate surface area is 126 Å². The summed E-state index contributed by atoms with van der Waals surface area (Å²) in [4.78, 5) is 23.7. The third-order valence-electron chi connectivity index (χ3n) is 4.55. The highest BCUT2D eigenvalue weighted by atomic mass is 16.5. The van der Waals surface area contributed by atoms with E-state index in [0.29, 0.717) is 19.4 Å². The quantitative estimate of drug-likeness (QED) is 0.654. The van der Waals surface area contributed by atoms with Gasteiger partial charge in [-0.2, -0.15) is 0 Å². The van der Waals surface area contributed by atoms with Gasteiger partial charge in [0, 0.05) is 18.4 Å². The van der Waals surface area contributed by atoms with E-state index in [0.717, 1.165) is 0 Å². The molecule has 0 aromatic heterocycles. The lowest BCUT2D eigenvalue weighted by Gasteiger charge is -2.57. The fourth-order valence-electron chi connectivity index (χ4n) is 2.80. The van der Waals surface area contributed by atoms with Crippen molar-refractivity contribution in [1.29, 1.82) is 0 Å². The molecule has 0 saturated heterocycles. The maximum absolute atomic E-state index is 12.5. The zero-order chi connectivity index (χ0) is 16.4. The molecule has 1 aliphatic rings. The number of carbonyl (C=O) groups is 2. The molecule has 0 aliphatic heterocycles. The van der Waals surface area contributed by atoms with Crippen molar-refractivity contribution in [2.45, 2.75) is 65.1 Å². The van der Waals surface area contributed by atoms with E-state index in [2.05, 4.69) is 5.32 Å². The Morgan fingerprint density at radius 2 is 2.00 bits per heavy atom. The molecule has 3 atom stereocenters. The monoisotopic (exact) mass is 300 g/mol. The molecule has 1 aliphatic carbocycles. The van der Waals surface area contributed by atoms with Crippen LogP contribution in [0.4, 0.5) is 0 Å². The average molecular weight is 300 g/mol. The molecule has 122 valence electrons. The summed E-state index contributed by atoms with van der Waals surface area (Å²) in [6.07, 6.45) is 0.715. The molecule has 1 amide bonds. The Bertz CT molecular complexity index is 408. The third kappa shape index (κ3) is 3.37. The van der Waals surface area contributed by atoms with Crippen LogP contribution in [0.3, 0.4) is 0 Å². The van der Waals surface area contributed by atoms with Crippen molar-refractivity contribution in [2.75, 3.05) is 6.61 Å². The fraction of sp³-hybridized carbons (Fsp3) is 0.867. The molecule has 2 unspecified atom stereocenters. The molecule has 21 heavy (non-hydrogen) atoms. The first-order valence-electron chi connectivity index (χ1n) is 7.50. The predicted molar refractivity (Wildman–Crippen MR) is 79.8 cm³/mol. The first kappa shape index (κ1) is 17.9. The number of nitrogens with two attached hydrogens (primary N) is 1. The van der Waals surface area contributed by atoms with Crippen LogP contribution in [0.25, 0.3) is 0 Å². The molecule has 0 radical (unpaired) electrons. The maximum atomic E-state index is 12.5. The Morgan fingerprint density at radius 1 is 1.43 bits per heavy atom. The number of carboxylic acids is 1. The molecule has 1 saturated carbocycles. The van der Waals surface area contributed by atoms with E-state index in [4.69, 9.17) is 10.5 Å². The van der Waals surface area contributed by atoms with Gasteiger partial charge in [-0.3, -0.25) is 4.79 Å². The Kier molecular flexibility index (Phi) is 5.39. The van der Waals surface area contributed by atoms with Gasteiger partial charge in [0.25, 0.3) is 0 Å². The van der Waals surface area contributed by atoms with Gasteiger partial charge in [-0.25, -0.2) is 4.79 Å². The van der Waals surface area contributed by atoms with Crippen LogP contribution in [0.1, 0.15) is 47.5 Å². The lowest BCUT2D eigenvalue weighted by atomic mass is 9.54. The van der Waals surface area contributed by atoms with E-state index >= 15 is 0 Å². The van der Waals surface area contributed by atoms with Gasteiger partial charge in [0.15, 0.2) is 0 Å². The second-order valence-corrected chi connectivity index (χ2v) is 6.83. The average Bonchev–Trinajstić information content (AvgIpc) is 2.36. The number of hydrogen-bond acceptors (Lipinski definition) is 4. The summed E-state index contributed by atoms with van der Waals surface area (Å²) in [7, 11) is 0. The van der Waals surface area contributed by atoms with E-state index in [-0.39, 0.29) is 12.0 Å². The zero-order valence-corrected chi connectivity index (χ0v) is 13.6. The first-order chi connectivity index (χ1) is 9.56. The molecule has 1 rings (SSSR count). The van der Waals surface area contributed by atoms with Crippen LogP contribution < -0.4 is 11.1 Å². The van der Waals surface area contributed by atoms with Crippen molar-refractivity contribution < 1.29 is 19.4 Å². The minimum atomic E-state index is -1.09. The normalized spacial score (nSPS) is 28.8. The highest BCUT2D eigenvalue weighted by Gasteiger charge is 2.63. The summed E-state index contributed by atoms with van der Waals surface area (Å²) >= 11 is 0. The lowest BCUT2D eigenvalue weighted by molar-refractivity contribution is -0.172. The van der Waals surface area contributed by atoms with Crippen molar-refractivity contribution in [3.8, 4) is 0 Å². The number of carbonyl (C=O) groups excluding carboxylic acids is 1. The first-order valence-corrected chi connectivity index (χ1v) is 7.50. The molecular weight excluding hydrogens is 272 g/mol. The van der Waals surface area contributed by atoms with Crippen molar-refractivity contribution >= 4 is 11.9 Å². The summed E-state index contributed by atoms with van der Waals surface area (Å²) in [5.74, 6) is -1.26. The molecule has 0 heterocycles. The summed E-state index contributed by atoms with van der Waals surface area (Å²) < 4.78 is 5.58. The van der Waals surface area contributed by atoms with Crippen LogP contribution in [-0.4, -0.2) is 41.3 Å². The van der Waals surface area contributed by atoms with Gasteiger partial charge in [0.05, 0.1) is 6.10 Å². The van der Waals surface area contributed by atoms with Gasteiger partial charge in [-0.15, -0.1) is 0 Å². The van der Waals surface area contributed by atoms with Gasteiger partial charge in [0.1, 0.15) is 11.6 Å². The molecular formula is C15H28N2O4. The Morgan fingerprint density at radius 3 is 2.38 bits per heavy atom. The van der Waals surface area contributed by atoms with Crippen LogP contribution >= 0.6 is 0 Å². The number of amides is 1. The SMILES string of the molecule is CCOC1CC(N)(C(=O)N[C@@H](CC(C)C)C(=O)O)C1(C)C. The van der Waals surface area contributed by atoms with Crippen LogP contribution in [0.5, 0.6) is 0 Å². The Balaban J connectivity index is 2.77. The smallest absolute Gasteiger partial charge is 0.326 e. The van der Waals surface area contributed by atoms with Crippen molar-refractivity contribution in [1.82, 2.24) is 5.32 Å². The van der Waals surface area contributed by atoms with Gasteiger partial charge in [-0.1, -0.05) is 27.7 Å². The summed E-state index contributed by atoms with van der Waals surface area (Å²) in [6, 6.07) is -0.903. The number of rotatable bonds is 7. The predicted octanol–water partition coefficient (Wildman–Crippen LogP) is 1.13. The number of hydrogen-bond donors (Lipinski definition) is 3. The lowest BCUT2D eigenvalue weighted by Crippen LogP contribution is -2.76. The molecule has 0 bridgehead atoms. The van der Waals surface area contributed by atoms with Crippen molar-refractivity contribution in [2.24, 2.45) is 17.1 Å². The highest BCUT2D eigenvalue weighted by molar-refractivity contribution is 5.92. The van der Waals surface area contributed by atoms with Crippen LogP contribution in [0.15, 0.2) is 0 Å². The second-order valence-electron chi connectivity index (χ2n) is 6.83. The number of carboxylic acid groups (broad SMARTS) is 1. The molecule has 0 aromatic rings. The second kappa shape index (κ2) is 6.32. The van der Waals surface area contributed by atoms with Crippen LogP contribution in [0.2, 0.25) is 0 Å². The third-order valence-corrected chi connectivity index (χ3v) is 4.55. The van der Waals surface area contributed by atoms with Crippen molar-refractivity contribution in [3.63, 3.8) is 0 Å². The molecule has 0 aromatic carbocycles. The summed E-state index contributed by atoms with van der Waals surface area (Å²) in [5, 5.41) is 11.8. The number of aliphatic carboxylic acids is 1. The van der Waals surface area contributed by atoms with Gasteiger partial charge < -0.3 is 20.9 Å². The standard InChI is InChI=1S/C15H28N2O4/c1-6-21-11-8-15(16,14(11,4)5)13(20)17-10(12(18)19)7-9(2)3/h9-11H,6-8,16H2,1-5H3,(H,17,20)(H,18,19)/t10-,11?,15?/m0/s1. The fourth-order valence-corrected chi connectivity index (χ4v) is 2.80. The minimum Gasteiger partial charge on any atom is -0.480 e. The van der Waals surface area contributed by atoms with Crippen LogP contribution in [0, 0.1) is 11.3 Å². The van der Waals surface area contributed by atoms with Gasteiger partial charge >= 0.3 is 5.97 Å². The summed E-state index contributed by atoms with van der Waals surface area (Å²) in [6.45, 7) is 10.1. The van der Waals surface area contributed by atoms with E-state index in [1.54, 1.807) is 0 Å². The molecule has 1 fully saturated rings. The number of nitrogens with one attached hydrogen (secondary N) is 1. The molecule has 4 N–H and O–H groups in total. The maximum Gasteiger partial charge on any atom is 0.326 e. The van der Waals surface area contributed by atoms with Crippen molar-refractivity contribution in [3.05, 3.63) is 0 Å². The molecule has 6 nitrogen and oxygen atoms in total. The van der Waals surface area contributed by atoms with Gasteiger partial charge in [-0.05, 0) is 19.3 Å². The van der Waals surface area contributed by atoms with Crippen LogP contribution in [-0.2, 0) is 14.3 Å². The van der Waals surface area contributed by atoms with E-state index < -0.39 is 28.9 Å². The largest absolute Gasteiger partial charge is 0.480 e. The van der Waals surface area contributed by atoms with E-state index in [1.807, 2.05) is 34.6 Å². The summed E-state index contributed by atoms with van der Waals surface area (Å²) in [5.41, 5.74) is 4.63. The minimum absolute atomic E-state index is 0.0772. The highest BCUT2D eigenvalue weighted by Crippen LogP contribution is 2.49. The Hall–Kier alpha value is -1.14. The van der Waals surface area contributed by atoms with Gasteiger partial charge in [0.2, 0.25) is 5.91 Å².